The van der Waals surface area contributed by atoms with Gasteiger partial charge in [-0.2, -0.15) is 0 Å². The summed E-state index contributed by atoms with van der Waals surface area (Å²) in [5, 5.41) is 3.46. The Labute approximate surface area is 102 Å². The molecule has 90 valence electrons. The molecule has 2 aromatic heterocycles. The first-order chi connectivity index (χ1) is 8.31. The maximum atomic E-state index is 4.41. The molecule has 2 rings (SSSR count). The number of pyridine rings is 1. The van der Waals surface area contributed by atoms with Crippen molar-refractivity contribution < 1.29 is 0 Å². The Hall–Kier alpha value is -1.68. The van der Waals surface area contributed by atoms with Crippen LogP contribution >= 0.6 is 0 Å². The van der Waals surface area contributed by atoms with Crippen molar-refractivity contribution in [2.75, 3.05) is 6.54 Å². The molecule has 0 fully saturated rings. The molecule has 0 aromatic carbocycles. The topological polar surface area (TPSA) is 42.7 Å². The minimum Gasteiger partial charge on any atom is -0.337 e. The van der Waals surface area contributed by atoms with Crippen molar-refractivity contribution in [2.24, 2.45) is 7.05 Å². The average Bonchev–Trinajstić information content (AvgIpc) is 2.76. The van der Waals surface area contributed by atoms with Gasteiger partial charge in [0.25, 0.3) is 0 Å². The monoisotopic (exact) mass is 230 g/mol. The van der Waals surface area contributed by atoms with Gasteiger partial charge in [-0.05, 0) is 24.6 Å². The molecule has 4 heteroatoms. The van der Waals surface area contributed by atoms with Gasteiger partial charge in [-0.25, -0.2) is 4.98 Å². The summed E-state index contributed by atoms with van der Waals surface area (Å²) >= 11 is 0. The zero-order chi connectivity index (χ0) is 12.1. The number of imidazole rings is 1. The molecule has 2 aromatic rings. The zero-order valence-electron chi connectivity index (χ0n) is 10.3. The van der Waals surface area contributed by atoms with Crippen LogP contribution in [0.25, 0.3) is 0 Å². The molecule has 1 N–H and O–H groups in total. The Morgan fingerprint density at radius 2 is 2.29 bits per heavy atom. The third kappa shape index (κ3) is 2.91. The fourth-order valence-corrected chi connectivity index (χ4v) is 1.97. The van der Waals surface area contributed by atoms with Gasteiger partial charge in [0.2, 0.25) is 0 Å². The van der Waals surface area contributed by atoms with E-state index in [0.717, 1.165) is 18.8 Å². The maximum Gasteiger partial charge on any atom is 0.125 e. The van der Waals surface area contributed by atoms with Gasteiger partial charge in [-0.3, -0.25) is 4.98 Å². The van der Waals surface area contributed by atoms with Crippen molar-refractivity contribution in [1.82, 2.24) is 19.9 Å². The van der Waals surface area contributed by atoms with Gasteiger partial charge in [0.1, 0.15) is 5.82 Å². The van der Waals surface area contributed by atoms with E-state index >= 15 is 0 Å². The summed E-state index contributed by atoms with van der Waals surface area (Å²) < 4.78 is 2.06. The van der Waals surface area contributed by atoms with E-state index in [1.165, 1.54) is 5.56 Å². The Morgan fingerprint density at radius 1 is 1.41 bits per heavy atom. The van der Waals surface area contributed by atoms with Crippen LogP contribution in [0.4, 0.5) is 0 Å². The Morgan fingerprint density at radius 3 is 2.88 bits per heavy atom. The minimum absolute atomic E-state index is 0.240. The second-order valence-electron chi connectivity index (χ2n) is 4.07. The maximum absolute atomic E-state index is 4.41. The van der Waals surface area contributed by atoms with Gasteiger partial charge in [0.05, 0.1) is 6.04 Å². The first-order valence-electron chi connectivity index (χ1n) is 5.90. The van der Waals surface area contributed by atoms with Gasteiger partial charge in [-0.15, -0.1) is 0 Å². The second kappa shape index (κ2) is 5.59. The van der Waals surface area contributed by atoms with Crippen LogP contribution in [-0.2, 0) is 13.5 Å². The number of hydrogen-bond acceptors (Lipinski definition) is 3. The number of hydrogen-bond donors (Lipinski definition) is 1. The Balaban J connectivity index is 2.16. The highest BCUT2D eigenvalue weighted by Gasteiger charge is 2.15. The van der Waals surface area contributed by atoms with Crippen LogP contribution in [0.2, 0.25) is 0 Å². The van der Waals surface area contributed by atoms with Gasteiger partial charge >= 0.3 is 0 Å². The molecule has 0 spiro atoms. The minimum atomic E-state index is 0.240. The molecule has 0 amide bonds. The predicted molar refractivity (Wildman–Crippen MR) is 67.6 cm³/mol. The quantitative estimate of drug-likeness (QED) is 0.850. The summed E-state index contributed by atoms with van der Waals surface area (Å²) in [6.07, 6.45) is 8.43. The summed E-state index contributed by atoms with van der Waals surface area (Å²) in [6.45, 7) is 3.04. The molecule has 1 unspecified atom stereocenters. The van der Waals surface area contributed by atoms with Crippen molar-refractivity contribution in [3.05, 3.63) is 48.3 Å². The lowest BCUT2D eigenvalue weighted by Crippen LogP contribution is -2.25. The smallest absolute Gasteiger partial charge is 0.125 e. The van der Waals surface area contributed by atoms with Crippen LogP contribution in [0.15, 0.2) is 36.9 Å². The summed E-state index contributed by atoms with van der Waals surface area (Å²) in [6, 6.07) is 4.31. The van der Waals surface area contributed by atoms with E-state index < -0.39 is 0 Å². The molecule has 17 heavy (non-hydrogen) atoms. The van der Waals surface area contributed by atoms with E-state index in [9.17, 15) is 0 Å². The highest BCUT2D eigenvalue weighted by molar-refractivity contribution is 5.13. The molecule has 0 aliphatic carbocycles. The van der Waals surface area contributed by atoms with Crippen LogP contribution < -0.4 is 5.32 Å². The highest BCUT2D eigenvalue weighted by Crippen LogP contribution is 2.15. The number of nitrogens with one attached hydrogen (secondary N) is 1. The normalized spacial score (nSPS) is 12.6. The van der Waals surface area contributed by atoms with E-state index in [2.05, 4.69) is 32.8 Å². The Kier molecular flexibility index (Phi) is 3.88. The van der Waals surface area contributed by atoms with E-state index in [1.807, 2.05) is 31.7 Å². The lowest BCUT2D eigenvalue weighted by molar-refractivity contribution is 0.506. The molecule has 0 saturated carbocycles. The van der Waals surface area contributed by atoms with Crippen LogP contribution in [0.1, 0.15) is 24.4 Å². The molecule has 0 saturated heterocycles. The number of rotatable bonds is 5. The fourth-order valence-electron chi connectivity index (χ4n) is 1.97. The first kappa shape index (κ1) is 11.8. The third-order valence-electron chi connectivity index (χ3n) is 2.78. The zero-order valence-corrected chi connectivity index (χ0v) is 10.3. The van der Waals surface area contributed by atoms with Crippen molar-refractivity contribution in [3.63, 3.8) is 0 Å². The number of likely N-dealkylation sites (N-methyl/N-ethyl adjacent to an activating group) is 1. The van der Waals surface area contributed by atoms with Crippen molar-refractivity contribution >= 4 is 0 Å². The standard InChI is InChI=1S/C13H18N4/c1-3-15-12(13-16-7-8-17(13)2)9-11-5-4-6-14-10-11/h4-8,10,12,15H,3,9H2,1-2H3. The van der Waals surface area contributed by atoms with Crippen LogP contribution in [-0.4, -0.2) is 21.1 Å². The number of aromatic nitrogens is 3. The molecule has 0 bridgehead atoms. The molecule has 1 atom stereocenters. The highest BCUT2D eigenvalue weighted by atomic mass is 15.1. The Bertz CT molecular complexity index is 449. The summed E-state index contributed by atoms with van der Waals surface area (Å²) in [4.78, 5) is 8.56. The molecular weight excluding hydrogens is 212 g/mol. The molecule has 0 aliphatic rings. The van der Waals surface area contributed by atoms with Crippen LogP contribution in [0.3, 0.4) is 0 Å². The third-order valence-corrected chi connectivity index (χ3v) is 2.78. The van der Waals surface area contributed by atoms with E-state index in [4.69, 9.17) is 0 Å². The van der Waals surface area contributed by atoms with E-state index in [-0.39, 0.29) is 6.04 Å². The van der Waals surface area contributed by atoms with Gasteiger partial charge in [0.15, 0.2) is 0 Å². The van der Waals surface area contributed by atoms with Gasteiger partial charge in [-0.1, -0.05) is 13.0 Å². The van der Waals surface area contributed by atoms with Gasteiger partial charge in [0, 0.05) is 31.8 Å². The molecule has 4 nitrogen and oxygen atoms in total. The summed E-state index contributed by atoms with van der Waals surface area (Å²) in [7, 11) is 2.02. The van der Waals surface area contributed by atoms with Crippen LogP contribution in [0.5, 0.6) is 0 Å². The summed E-state index contributed by atoms with van der Waals surface area (Å²) in [5.41, 5.74) is 1.22. The summed E-state index contributed by atoms with van der Waals surface area (Å²) in [5.74, 6) is 1.07. The molecular formula is C13H18N4. The van der Waals surface area contributed by atoms with Crippen LogP contribution in [0, 0.1) is 0 Å². The average molecular weight is 230 g/mol. The van der Waals surface area contributed by atoms with Crippen molar-refractivity contribution in [3.8, 4) is 0 Å². The largest absolute Gasteiger partial charge is 0.337 e. The lowest BCUT2D eigenvalue weighted by atomic mass is 10.1. The number of aryl methyl sites for hydroxylation is 1. The predicted octanol–water partition coefficient (Wildman–Crippen LogP) is 1.71. The molecule has 0 radical (unpaired) electrons. The number of nitrogens with zero attached hydrogens (tertiary/aromatic N) is 3. The molecule has 2 heterocycles. The molecule has 0 aliphatic heterocycles. The second-order valence-corrected chi connectivity index (χ2v) is 4.07. The lowest BCUT2D eigenvalue weighted by Gasteiger charge is -2.17. The first-order valence-corrected chi connectivity index (χ1v) is 5.90. The fraction of sp³-hybridized carbons (Fsp3) is 0.385. The van der Waals surface area contributed by atoms with Crippen molar-refractivity contribution in [2.45, 2.75) is 19.4 Å². The van der Waals surface area contributed by atoms with E-state index in [0.29, 0.717) is 0 Å². The van der Waals surface area contributed by atoms with Crippen molar-refractivity contribution in [1.29, 1.82) is 0 Å². The van der Waals surface area contributed by atoms with E-state index in [1.54, 1.807) is 6.20 Å². The SMILES string of the molecule is CCNC(Cc1cccnc1)c1nccn1C. The van der Waals surface area contributed by atoms with Gasteiger partial charge < -0.3 is 9.88 Å².